The molecule has 0 saturated carbocycles. The minimum absolute atomic E-state index is 0.554. The third-order valence-electron chi connectivity index (χ3n) is 1.31. The van der Waals surface area contributed by atoms with Crippen LogP contribution in [0.4, 0.5) is 0 Å². The number of unbranched alkanes of at least 4 members (excludes halogenated alkanes) is 1. The van der Waals surface area contributed by atoms with E-state index in [2.05, 4.69) is 22.3 Å². The number of hydrogen-bond acceptors (Lipinski definition) is 3. The summed E-state index contributed by atoms with van der Waals surface area (Å²) in [6.45, 7) is 2.07. The van der Waals surface area contributed by atoms with Gasteiger partial charge >= 0.3 is 0 Å². The Morgan fingerprint density at radius 2 is 2.55 bits per heavy atom. The van der Waals surface area contributed by atoms with Crippen LogP contribution in [0.3, 0.4) is 0 Å². The molecule has 0 aromatic carbocycles. The summed E-state index contributed by atoms with van der Waals surface area (Å²) in [7, 11) is -0.957. The van der Waals surface area contributed by atoms with Gasteiger partial charge in [0.1, 0.15) is 0 Å². The molecule has 62 valence electrons. The molecule has 0 aliphatic heterocycles. The van der Waals surface area contributed by atoms with Gasteiger partial charge in [0, 0.05) is 5.75 Å². The summed E-state index contributed by atoms with van der Waals surface area (Å²) in [4.78, 5) is 0. The quantitative estimate of drug-likeness (QED) is 0.729. The Kier molecular flexibility index (Phi) is 3.22. The lowest BCUT2D eigenvalue weighted by molar-refractivity contribution is 0.676. The van der Waals surface area contributed by atoms with Gasteiger partial charge in [-0.25, -0.2) is 0 Å². The van der Waals surface area contributed by atoms with Gasteiger partial charge in [-0.15, -0.1) is 5.10 Å². The van der Waals surface area contributed by atoms with Gasteiger partial charge in [-0.05, 0) is 6.42 Å². The van der Waals surface area contributed by atoms with E-state index in [0.29, 0.717) is 10.8 Å². The molecule has 0 amide bonds. The number of aromatic amines is 1. The maximum atomic E-state index is 11.3. The van der Waals surface area contributed by atoms with Gasteiger partial charge in [0.15, 0.2) is 5.03 Å². The molecule has 1 aromatic heterocycles. The maximum Gasteiger partial charge on any atom is 0.169 e. The highest BCUT2D eigenvalue weighted by atomic mass is 32.2. The summed E-state index contributed by atoms with van der Waals surface area (Å²) in [5, 5.41) is 10.3. The van der Waals surface area contributed by atoms with E-state index in [0.717, 1.165) is 12.8 Å². The number of hydrogen-bond donors (Lipinski definition) is 1. The van der Waals surface area contributed by atoms with Crippen molar-refractivity contribution >= 4 is 10.8 Å². The third-order valence-corrected chi connectivity index (χ3v) is 2.63. The fourth-order valence-corrected chi connectivity index (χ4v) is 1.75. The molecule has 0 radical (unpaired) electrons. The summed E-state index contributed by atoms with van der Waals surface area (Å²) in [6.07, 6.45) is 3.54. The summed E-state index contributed by atoms with van der Waals surface area (Å²) in [6, 6.07) is 0. The van der Waals surface area contributed by atoms with Crippen LogP contribution in [0, 0.1) is 0 Å². The van der Waals surface area contributed by atoms with Crippen molar-refractivity contribution < 1.29 is 4.21 Å². The van der Waals surface area contributed by atoms with Gasteiger partial charge in [0.05, 0.1) is 17.0 Å². The van der Waals surface area contributed by atoms with E-state index in [9.17, 15) is 4.21 Å². The summed E-state index contributed by atoms with van der Waals surface area (Å²) < 4.78 is 11.3. The molecule has 4 nitrogen and oxygen atoms in total. The SMILES string of the molecule is CCCCS(=O)c1cn[nH]n1. The molecular formula is C6H11N3OS. The molecule has 1 N–H and O–H groups in total. The molecule has 0 spiro atoms. The number of H-pyrrole nitrogens is 1. The van der Waals surface area contributed by atoms with Crippen LogP contribution in [0.25, 0.3) is 0 Å². The largest absolute Gasteiger partial charge is 0.253 e. The van der Waals surface area contributed by atoms with Crippen LogP contribution in [-0.2, 0) is 10.8 Å². The highest BCUT2D eigenvalue weighted by Gasteiger charge is 2.04. The normalized spacial score (nSPS) is 13.2. The Hall–Kier alpha value is -0.710. The lowest BCUT2D eigenvalue weighted by atomic mass is 10.4. The molecular weight excluding hydrogens is 162 g/mol. The molecule has 0 bridgehead atoms. The van der Waals surface area contributed by atoms with Crippen molar-refractivity contribution in [3.8, 4) is 0 Å². The first-order chi connectivity index (χ1) is 5.34. The van der Waals surface area contributed by atoms with Crippen LogP contribution in [0.15, 0.2) is 11.2 Å². The zero-order chi connectivity index (χ0) is 8.10. The van der Waals surface area contributed by atoms with E-state index in [-0.39, 0.29) is 0 Å². The lowest BCUT2D eigenvalue weighted by Gasteiger charge is -1.93. The van der Waals surface area contributed by atoms with Crippen molar-refractivity contribution in [2.75, 3.05) is 5.75 Å². The second kappa shape index (κ2) is 4.23. The highest BCUT2D eigenvalue weighted by Crippen LogP contribution is 2.01. The van der Waals surface area contributed by atoms with Crippen molar-refractivity contribution in [3.63, 3.8) is 0 Å². The maximum absolute atomic E-state index is 11.3. The van der Waals surface area contributed by atoms with Gasteiger partial charge in [-0.3, -0.25) is 4.21 Å². The topological polar surface area (TPSA) is 58.6 Å². The van der Waals surface area contributed by atoms with Crippen LogP contribution in [-0.4, -0.2) is 25.4 Å². The van der Waals surface area contributed by atoms with Crippen molar-refractivity contribution in [2.24, 2.45) is 0 Å². The molecule has 0 saturated heterocycles. The van der Waals surface area contributed by atoms with Gasteiger partial charge in [-0.1, -0.05) is 13.3 Å². The molecule has 0 fully saturated rings. The average molecular weight is 173 g/mol. The zero-order valence-corrected chi connectivity index (χ0v) is 7.23. The second-order valence-electron chi connectivity index (χ2n) is 2.21. The van der Waals surface area contributed by atoms with Crippen molar-refractivity contribution in [2.45, 2.75) is 24.8 Å². The van der Waals surface area contributed by atoms with Crippen molar-refractivity contribution in [3.05, 3.63) is 6.20 Å². The first-order valence-electron chi connectivity index (χ1n) is 3.58. The Labute approximate surface area is 67.9 Å². The second-order valence-corrected chi connectivity index (χ2v) is 3.73. The van der Waals surface area contributed by atoms with E-state index in [4.69, 9.17) is 0 Å². The molecule has 1 rings (SSSR count). The molecule has 1 atom stereocenters. The Balaban J connectivity index is 2.43. The van der Waals surface area contributed by atoms with Gasteiger partial charge in [0.25, 0.3) is 0 Å². The van der Waals surface area contributed by atoms with E-state index >= 15 is 0 Å². The first-order valence-corrected chi connectivity index (χ1v) is 4.90. The summed E-state index contributed by atoms with van der Waals surface area (Å²) in [5.74, 6) is 0.684. The molecule has 1 heterocycles. The van der Waals surface area contributed by atoms with Crippen molar-refractivity contribution in [1.29, 1.82) is 0 Å². The summed E-state index contributed by atoms with van der Waals surface area (Å²) in [5.41, 5.74) is 0. The summed E-state index contributed by atoms with van der Waals surface area (Å²) >= 11 is 0. The predicted octanol–water partition coefficient (Wildman–Crippen LogP) is 0.712. The highest BCUT2D eigenvalue weighted by molar-refractivity contribution is 7.84. The number of nitrogens with zero attached hydrogens (tertiary/aromatic N) is 2. The van der Waals surface area contributed by atoms with Gasteiger partial charge < -0.3 is 0 Å². The average Bonchev–Trinajstić information content (AvgIpc) is 2.52. The number of nitrogens with one attached hydrogen (secondary N) is 1. The third kappa shape index (κ3) is 2.42. The molecule has 1 unspecified atom stereocenters. The molecule has 0 aliphatic carbocycles. The molecule has 0 aliphatic rings. The number of rotatable bonds is 4. The minimum atomic E-state index is -0.957. The van der Waals surface area contributed by atoms with Crippen LogP contribution < -0.4 is 0 Å². The molecule has 1 aromatic rings. The fourth-order valence-electron chi connectivity index (χ4n) is 0.681. The predicted molar refractivity (Wildman–Crippen MR) is 42.6 cm³/mol. The number of aromatic nitrogens is 3. The lowest BCUT2D eigenvalue weighted by Crippen LogP contribution is -1.97. The zero-order valence-electron chi connectivity index (χ0n) is 6.41. The van der Waals surface area contributed by atoms with E-state index < -0.39 is 10.8 Å². The first kappa shape index (κ1) is 8.39. The Morgan fingerprint density at radius 1 is 1.73 bits per heavy atom. The van der Waals surface area contributed by atoms with Gasteiger partial charge in [0.2, 0.25) is 0 Å². The van der Waals surface area contributed by atoms with E-state index in [1.54, 1.807) is 0 Å². The smallest absolute Gasteiger partial charge is 0.169 e. The van der Waals surface area contributed by atoms with Crippen LogP contribution in [0.5, 0.6) is 0 Å². The van der Waals surface area contributed by atoms with Crippen molar-refractivity contribution in [1.82, 2.24) is 15.4 Å². The Morgan fingerprint density at radius 3 is 3.09 bits per heavy atom. The van der Waals surface area contributed by atoms with Gasteiger partial charge in [-0.2, -0.15) is 10.3 Å². The molecule has 5 heteroatoms. The van der Waals surface area contributed by atoms with Crippen LogP contribution >= 0.6 is 0 Å². The fraction of sp³-hybridized carbons (Fsp3) is 0.667. The van der Waals surface area contributed by atoms with E-state index in [1.165, 1.54) is 6.20 Å². The molecule has 11 heavy (non-hydrogen) atoms. The monoisotopic (exact) mass is 173 g/mol. The minimum Gasteiger partial charge on any atom is -0.253 e. The standard InChI is InChI=1S/C6H11N3OS/c1-2-3-4-11(10)6-5-7-9-8-6/h5H,2-4H2,1H3,(H,7,8,9). The Bertz CT molecular complexity index is 222. The van der Waals surface area contributed by atoms with Crippen LogP contribution in [0.1, 0.15) is 19.8 Å². The van der Waals surface area contributed by atoms with Crippen LogP contribution in [0.2, 0.25) is 0 Å². The van der Waals surface area contributed by atoms with E-state index in [1.807, 2.05) is 0 Å².